The largest absolute Gasteiger partial charge is 0.304 e. The van der Waals surface area contributed by atoms with Crippen molar-refractivity contribution in [1.29, 1.82) is 0 Å². The van der Waals surface area contributed by atoms with Crippen LogP contribution < -0.4 is 5.32 Å². The van der Waals surface area contributed by atoms with Crippen molar-refractivity contribution in [1.82, 2.24) is 20.3 Å². The normalized spacial score (nSPS) is 15.9. The molecule has 2 aromatic rings. The molecular formula is C16H22N4. The minimum atomic E-state index is 0.337. The molecule has 1 heterocycles. The SMILES string of the molecule is CC(NCc1cn(C)nn1)c1ccc2c(c1)CCCC2. The van der Waals surface area contributed by atoms with Crippen molar-refractivity contribution in [2.45, 2.75) is 45.2 Å². The van der Waals surface area contributed by atoms with Crippen LogP contribution >= 0.6 is 0 Å². The summed E-state index contributed by atoms with van der Waals surface area (Å²) >= 11 is 0. The molecule has 1 atom stereocenters. The number of benzene rings is 1. The summed E-state index contributed by atoms with van der Waals surface area (Å²) in [6.45, 7) is 2.97. The lowest BCUT2D eigenvalue weighted by atomic mass is 9.89. The maximum absolute atomic E-state index is 4.10. The van der Waals surface area contributed by atoms with Gasteiger partial charge in [0.05, 0.1) is 5.69 Å². The van der Waals surface area contributed by atoms with Crippen LogP contribution in [0, 0.1) is 0 Å². The summed E-state index contributed by atoms with van der Waals surface area (Å²) in [6, 6.07) is 7.29. The Morgan fingerprint density at radius 1 is 1.25 bits per heavy atom. The van der Waals surface area contributed by atoms with Gasteiger partial charge in [0.2, 0.25) is 0 Å². The molecule has 1 aromatic heterocycles. The van der Waals surface area contributed by atoms with E-state index < -0.39 is 0 Å². The Bertz CT molecular complexity index is 588. The van der Waals surface area contributed by atoms with E-state index in [1.165, 1.54) is 31.2 Å². The Morgan fingerprint density at radius 2 is 2.05 bits per heavy atom. The van der Waals surface area contributed by atoms with Crippen molar-refractivity contribution in [3.63, 3.8) is 0 Å². The Hall–Kier alpha value is -1.68. The lowest BCUT2D eigenvalue weighted by Gasteiger charge is -2.19. The molecule has 1 aliphatic rings. The van der Waals surface area contributed by atoms with Gasteiger partial charge in [-0.15, -0.1) is 5.10 Å². The van der Waals surface area contributed by atoms with Crippen LogP contribution in [0.4, 0.5) is 0 Å². The highest BCUT2D eigenvalue weighted by Gasteiger charge is 2.12. The second-order valence-corrected chi connectivity index (χ2v) is 5.72. The van der Waals surface area contributed by atoms with E-state index in [0.717, 1.165) is 12.2 Å². The van der Waals surface area contributed by atoms with Crippen molar-refractivity contribution in [3.8, 4) is 0 Å². The Kier molecular flexibility index (Phi) is 3.83. The predicted molar refractivity (Wildman–Crippen MR) is 79.3 cm³/mol. The number of aromatic nitrogens is 3. The van der Waals surface area contributed by atoms with Crippen LogP contribution in [0.1, 0.15) is 48.2 Å². The van der Waals surface area contributed by atoms with Gasteiger partial charge < -0.3 is 5.32 Å². The molecule has 0 bridgehead atoms. The third-order valence-corrected chi connectivity index (χ3v) is 4.11. The van der Waals surface area contributed by atoms with E-state index in [1.807, 2.05) is 13.2 Å². The van der Waals surface area contributed by atoms with Gasteiger partial charge in [0.15, 0.2) is 0 Å². The average molecular weight is 270 g/mol. The second kappa shape index (κ2) is 5.75. The molecule has 0 radical (unpaired) electrons. The first-order chi connectivity index (χ1) is 9.72. The van der Waals surface area contributed by atoms with Crippen LogP contribution in [-0.2, 0) is 26.4 Å². The average Bonchev–Trinajstić information content (AvgIpc) is 2.90. The maximum Gasteiger partial charge on any atom is 0.0964 e. The number of nitrogens with one attached hydrogen (secondary N) is 1. The zero-order valence-corrected chi connectivity index (χ0v) is 12.3. The molecular weight excluding hydrogens is 248 g/mol. The maximum atomic E-state index is 4.10. The molecule has 0 amide bonds. The monoisotopic (exact) mass is 270 g/mol. The van der Waals surface area contributed by atoms with Gasteiger partial charge in [-0.25, -0.2) is 0 Å². The second-order valence-electron chi connectivity index (χ2n) is 5.72. The summed E-state index contributed by atoms with van der Waals surface area (Å²) in [6.07, 6.45) is 7.11. The van der Waals surface area contributed by atoms with E-state index in [1.54, 1.807) is 15.8 Å². The van der Waals surface area contributed by atoms with Crippen LogP contribution in [0.25, 0.3) is 0 Å². The lowest BCUT2D eigenvalue weighted by Crippen LogP contribution is -2.19. The third-order valence-electron chi connectivity index (χ3n) is 4.11. The van der Waals surface area contributed by atoms with Crippen LogP contribution in [0.15, 0.2) is 24.4 Å². The van der Waals surface area contributed by atoms with E-state index in [4.69, 9.17) is 0 Å². The highest BCUT2D eigenvalue weighted by atomic mass is 15.4. The zero-order chi connectivity index (χ0) is 13.9. The van der Waals surface area contributed by atoms with Crippen LogP contribution in [0.5, 0.6) is 0 Å². The fourth-order valence-electron chi connectivity index (χ4n) is 2.87. The van der Waals surface area contributed by atoms with Crippen molar-refractivity contribution >= 4 is 0 Å². The zero-order valence-electron chi connectivity index (χ0n) is 12.3. The molecule has 1 aromatic carbocycles. The molecule has 0 spiro atoms. The van der Waals surface area contributed by atoms with Gasteiger partial charge in [-0.05, 0) is 49.3 Å². The number of aryl methyl sites for hydroxylation is 3. The summed E-state index contributed by atoms with van der Waals surface area (Å²) in [4.78, 5) is 0. The molecule has 0 aliphatic heterocycles. The van der Waals surface area contributed by atoms with E-state index in [0.29, 0.717) is 6.04 Å². The predicted octanol–water partition coefficient (Wildman–Crippen LogP) is 2.54. The quantitative estimate of drug-likeness (QED) is 0.928. The lowest BCUT2D eigenvalue weighted by molar-refractivity contribution is 0.565. The molecule has 1 N–H and O–H groups in total. The number of hydrogen-bond donors (Lipinski definition) is 1. The van der Waals surface area contributed by atoms with Crippen LogP contribution in [0.2, 0.25) is 0 Å². The van der Waals surface area contributed by atoms with Crippen LogP contribution in [0.3, 0.4) is 0 Å². The number of rotatable bonds is 4. The van der Waals surface area contributed by atoms with Gasteiger partial charge in [0, 0.05) is 25.8 Å². The molecule has 0 saturated heterocycles. The van der Waals surface area contributed by atoms with Gasteiger partial charge in [-0.2, -0.15) is 0 Å². The van der Waals surface area contributed by atoms with Gasteiger partial charge in [-0.3, -0.25) is 4.68 Å². The first kappa shape index (κ1) is 13.3. The van der Waals surface area contributed by atoms with Crippen molar-refractivity contribution < 1.29 is 0 Å². The van der Waals surface area contributed by atoms with E-state index >= 15 is 0 Å². The summed E-state index contributed by atoms with van der Waals surface area (Å²) in [5.41, 5.74) is 5.44. The first-order valence-corrected chi connectivity index (χ1v) is 7.42. The molecule has 4 heteroatoms. The minimum absolute atomic E-state index is 0.337. The number of hydrogen-bond acceptors (Lipinski definition) is 3. The van der Waals surface area contributed by atoms with Gasteiger partial charge in [0.1, 0.15) is 0 Å². The first-order valence-electron chi connectivity index (χ1n) is 7.42. The highest BCUT2D eigenvalue weighted by Crippen LogP contribution is 2.24. The van der Waals surface area contributed by atoms with Gasteiger partial charge in [-0.1, -0.05) is 23.4 Å². The van der Waals surface area contributed by atoms with E-state index in [-0.39, 0.29) is 0 Å². The van der Waals surface area contributed by atoms with Crippen LogP contribution in [-0.4, -0.2) is 15.0 Å². The molecule has 3 rings (SSSR count). The third kappa shape index (κ3) is 2.90. The molecule has 1 unspecified atom stereocenters. The van der Waals surface area contributed by atoms with Crippen molar-refractivity contribution in [2.24, 2.45) is 7.05 Å². The summed E-state index contributed by atoms with van der Waals surface area (Å²) < 4.78 is 1.74. The molecule has 0 fully saturated rings. The van der Waals surface area contributed by atoms with Gasteiger partial charge >= 0.3 is 0 Å². The molecule has 1 aliphatic carbocycles. The van der Waals surface area contributed by atoms with Gasteiger partial charge in [0.25, 0.3) is 0 Å². The topological polar surface area (TPSA) is 42.7 Å². The summed E-state index contributed by atoms with van der Waals surface area (Å²) in [5, 5.41) is 11.6. The highest BCUT2D eigenvalue weighted by molar-refractivity contribution is 5.35. The fraction of sp³-hybridized carbons (Fsp3) is 0.500. The Balaban J connectivity index is 1.66. The molecule has 20 heavy (non-hydrogen) atoms. The molecule has 0 saturated carbocycles. The van der Waals surface area contributed by atoms with Crippen molar-refractivity contribution in [3.05, 3.63) is 46.8 Å². The number of fused-ring (bicyclic) bond motifs is 1. The number of nitrogens with zero attached hydrogens (tertiary/aromatic N) is 3. The van der Waals surface area contributed by atoms with Crippen molar-refractivity contribution in [2.75, 3.05) is 0 Å². The Morgan fingerprint density at radius 3 is 2.80 bits per heavy atom. The minimum Gasteiger partial charge on any atom is -0.304 e. The Labute approximate surface area is 120 Å². The standard InChI is InChI=1S/C16H22N4/c1-12(17-10-16-11-20(2)19-18-16)14-8-7-13-5-3-4-6-15(13)9-14/h7-9,11-12,17H,3-6,10H2,1-2H3. The summed E-state index contributed by atoms with van der Waals surface area (Å²) in [5.74, 6) is 0. The summed E-state index contributed by atoms with van der Waals surface area (Å²) in [7, 11) is 1.89. The molecule has 4 nitrogen and oxygen atoms in total. The van der Waals surface area contributed by atoms with E-state index in [9.17, 15) is 0 Å². The smallest absolute Gasteiger partial charge is 0.0964 e. The molecule has 106 valence electrons. The fourth-order valence-corrected chi connectivity index (χ4v) is 2.87. The van der Waals surface area contributed by atoms with E-state index in [2.05, 4.69) is 40.8 Å².